The highest BCUT2D eigenvalue weighted by molar-refractivity contribution is 8.01. The Balaban J connectivity index is 1.46. The van der Waals surface area contributed by atoms with Crippen LogP contribution in [0.15, 0.2) is 141 Å². The molecule has 0 fully saturated rings. The van der Waals surface area contributed by atoms with E-state index in [-0.39, 0.29) is 6.71 Å². The Hall–Kier alpha value is -3.92. The van der Waals surface area contributed by atoms with Gasteiger partial charge in [-0.2, -0.15) is 0 Å². The Morgan fingerprint density at radius 2 is 1.21 bits per heavy atom. The van der Waals surface area contributed by atoms with Gasteiger partial charge in [0.2, 0.25) is 6.71 Å². The zero-order valence-corrected chi connectivity index (χ0v) is 25.4. The van der Waals surface area contributed by atoms with Gasteiger partial charge < -0.3 is 0 Å². The third-order valence-electron chi connectivity index (χ3n) is 8.62. The zero-order valence-electron chi connectivity index (χ0n) is 23.7. The molecule has 0 atom stereocenters. The number of hydrogen-bond acceptors (Lipinski definition) is 2. The summed E-state index contributed by atoms with van der Waals surface area (Å²) in [5.74, 6) is 0. The Morgan fingerprint density at radius 3 is 1.90 bits per heavy atom. The van der Waals surface area contributed by atoms with Crippen molar-refractivity contribution < 1.29 is 0 Å². The standard InChI is InChI=1S/C39H29BS2/c1-3-4-11-27-22-29(19-18-25(27)2)31-24-32(30-21-20-26-12-5-6-13-28(26)23-30)39-37-38(31)41-35-16-9-7-14-33(35)40(37)34-15-8-10-17-36(34)42-39/h4-24H,3H2,1-2H3/b11-4-. The molecular formula is C39H29BS2. The predicted molar refractivity (Wildman–Crippen MR) is 185 cm³/mol. The number of rotatable bonds is 4. The van der Waals surface area contributed by atoms with E-state index in [1.807, 2.05) is 23.5 Å². The Labute approximate surface area is 257 Å². The minimum absolute atomic E-state index is 0.217. The third kappa shape index (κ3) is 4.18. The average Bonchev–Trinajstić information content (AvgIpc) is 3.04. The first-order valence-corrected chi connectivity index (χ1v) is 16.3. The first-order chi connectivity index (χ1) is 20.7. The lowest BCUT2D eigenvalue weighted by molar-refractivity contribution is 1.23. The van der Waals surface area contributed by atoms with Crippen LogP contribution in [0.1, 0.15) is 24.5 Å². The molecule has 0 amide bonds. The molecule has 0 radical (unpaired) electrons. The number of allylic oxidation sites excluding steroid dienone is 1. The van der Waals surface area contributed by atoms with E-state index >= 15 is 0 Å². The van der Waals surface area contributed by atoms with Crippen LogP contribution in [0.5, 0.6) is 0 Å². The summed E-state index contributed by atoms with van der Waals surface area (Å²) in [6.07, 6.45) is 5.58. The number of benzene rings is 6. The number of hydrogen-bond donors (Lipinski definition) is 0. The predicted octanol–water partition coefficient (Wildman–Crippen LogP) is 9.35. The van der Waals surface area contributed by atoms with E-state index in [4.69, 9.17) is 0 Å². The summed E-state index contributed by atoms with van der Waals surface area (Å²) < 4.78 is 0. The lowest BCUT2D eigenvalue weighted by Crippen LogP contribution is -2.58. The van der Waals surface area contributed by atoms with Crippen LogP contribution in [-0.2, 0) is 0 Å². The summed E-state index contributed by atoms with van der Waals surface area (Å²) in [6.45, 7) is 4.63. The van der Waals surface area contributed by atoms with Gasteiger partial charge >= 0.3 is 0 Å². The van der Waals surface area contributed by atoms with Crippen molar-refractivity contribution in [1.29, 1.82) is 0 Å². The molecule has 42 heavy (non-hydrogen) atoms. The molecule has 0 bridgehead atoms. The van der Waals surface area contributed by atoms with Gasteiger partial charge in [0.1, 0.15) is 0 Å². The molecule has 200 valence electrons. The number of aryl methyl sites for hydroxylation is 1. The first-order valence-electron chi connectivity index (χ1n) is 14.7. The van der Waals surface area contributed by atoms with Crippen molar-refractivity contribution >= 4 is 63.5 Å². The van der Waals surface area contributed by atoms with E-state index in [1.54, 1.807) is 0 Å². The molecule has 0 spiro atoms. The van der Waals surface area contributed by atoms with Crippen LogP contribution in [0, 0.1) is 6.92 Å². The van der Waals surface area contributed by atoms with Gasteiger partial charge in [-0.15, -0.1) is 0 Å². The SMILES string of the molecule is CC/C=C\c1cc(-c2cc(-c3ccc4ccccc4c3)c3c4c2Sc2ccccc2B4c2ccccc2S3)ccc1C. The van der Waals surface area contributed by atoms with Gasteiger partial charge in [-0.1, -0.05) is 138 Å². The van der Waals surface area contributed by atoms with Crippen LogP contribution in [0.3, 0.4) is 0 Å². The normalized spacial score (nSPS) is 13.2. The molecule has 0 N–H and O–H groups in total. The highest BCUT2D eigenvalue weighted by Gasteiger charge is 2.40. The van der Waals surface area contributed by atoms with Crippen LogP contribution in [0.2, 0.25) is 0 Å². The van der Waals surface area contributed by atoms with E-state index in [1.165, 1.54) is 80.1 Å². The Morgan fingerprint density at radius 1 is 0.619 bits per heavy atom. The summed E-state index contributed by atoms with van der Waals surface area (Å²) in [7, 11) is 0. The smallest absolute Gasteiger partial charge is 0.0905 e. The largest absolute Gasteiger partial charge is 0.247 e. The van der Waals surface area contributed by atoms with Gasteiger partial charge in [-0.25, -0.2) is 0 Å². The second-order valence-electron chi connectivity index (χ2n) is 11.2. The van der Waals surface area contributed by atoms with Crippen molar-refractivity contribution in [3.05, 3.63) is 132 Å². The molecule has 0 aromatic heterocycles. The molecule has 0 unspecified atom stereocenters. The second kappa shape index (κ2) is 10.4. The van der Waals surface area contributed by atoms with Crippen LogP contribution in [0.4, 0.5) is 0 Å². The fourth-order valence-corrected chi connectivity index (χ4v) is 9.13. The van der Waals surface area contributed by atoms with E-state index in [9.17, 15) is 0 Å². The third-order valence-corrected chi connectivity index (χ3v) is 11.1. The maximum Gasteiger partial charge on any atom is 0.247 e. The second-order valence-corrected chi connectivity index (χ2v) is 13.3. The number of fused-ring (bicyclic) bond motifs is 5. The molecule has 0 saturated heterocycles. The lowest BCUT2D eigenvalue weighted by Gasteiger charge is -2.35. The monoisotopic (exact) mass is 572 g/mol. The fourth-order valence-electron chi connectivity index (χ4n) is 6.49. The molecule has 2 aliphatic heterocycles. The highest BCUT2D eigenvalue weighted by atomic mass is 32.2. The molecule has 0 nitrogen and oxygen atoms in total. The van der Waals surface area contributed by atoms with E-state index in [2.05, 4.69) is 141 Å². The molecule has 2 aliphatic rings. The Kier molecular flexibility index (Phi) is 6.39. The van der Waals surface area contributed by atoms with Gasteiger partial charge in [0, 0.05) is 19.6 Å². The van der Waals surface area contributed by atoms with Crippen molar-refractivity contribution in [2.24, 2.45) is 0 Å². The maximum atomic E-state index is 2.48. The van der Waals surface area contributed by atoms with Crippen LogP contribution in [0.25, 0.3) is 39.1 Å². The average molecular weight is 573 g/mol. The molecule has 6 aromatic carbocycles. The van der Waals surface area contributed by atoms with Crippen molar-refractivity contribution in [3.8, 4) is 22.3 Å². The van der Waals surface area contributed by atoms with Gasteiger partial charge in [0.05, 0.1) is 0 Å². The minimum atomic E-state index is 0.217. The highest BCUT2D eigenvalue weighted by Crippen LogP contribution is 2.47. The zero-order chi connectivity index (χ0) is 28.2. The lowest BCUT2D eigenvalue weighted by atomic mass is 9.36. The summed E-state index contributed by atoms with van der Waals surface area (Å²) in [6, 6.07) is 43.2. The molecule has 8 rings (SSSR count). The summed E-state index contributed by atoms with van der Waals surface area (Å²) in [5, 5.41) is 2.56. The van der Waals surface area contributed by atoms with Crippen LogP contribution < -0.4 is 16.4 Å². The van der Waals surface area contributed by atoms with Crippen molar-refractivity contribution in [2.45, 2.75) is 39.9 Å². The minimum Gasteiger partial charge on any atom is -0.0905 e. The van der Waals surface area contributed by atoms with Gasteiger partial charge in [0.15, 0.2) is 0 Å². The fraction of sp³-hybridized carbons (Fsp3) is 0.0769. The van der Waals surface area contributed by atoms with Gasteiger partial charge in [-0.3, -0.25) is 0 Å². The maximum absolute atomic E-state index is 2.48. The van der Waals surface area contributed by atoms with E-state index in [0.29, 0.717) is 0 Å². The molecule has 2 heterocycles. The summed E-state index contributed by atoms with van der Waals surface area (Å²) >= 11 is 3.90. The van der Waals surface area contributed by atoms with E-state index in [0.717, 1.165) is 6.42 Å². The molecule has 0 aliphatic carbocycles. The van der Waals surface area contributed by atoms with Crippen LogP contribution in [-0.4, -0.2) is 6.71 Å². The Bertz CT molecular complexity index is 2040. The summed E-state index contributed by atoms with van der Waals surface area (Å²) in [5.41, 5.74) is 12.1. The molecule has 3 heteroatoms. The van der Waals surface area contributed by atoms with Gasteiger partial charge in [-0.05, 0) is 93.3 Å². The summed E-state index contributed by atoms with van der Waals surface area (Å²) in [4.78, 5) is 5.52. The first kappa shape index (κ1) is 25.8. The topological polar surface area (TPSA) is 0 Å². The quantitative estimate of drug-likeness (QED) is 0.193. The van der Waals surface area contributed by atoms with Crippen molar-refractivity contribution in [3.63, 3.8) is 0 Å². The van der Waals surface area contributed by atoms with E-state index < -0.39 is 0 Å². The molecular weight excluding hydrogens is 543 g/mol. The molecule has 0 saturated carbocycles. The molecule has 6 aromatic rings. The van der Waals surface area contributed by atoms with Crippen LogP contribution >= 0.6 is 23.5 Å². The van der Waals surface area contributed by atoms with Crippen molar-refractivity contribution in [1.82, 2.24) is 0 Å². The van der Waals surface area contributed by atoms with Gasteiger partial charge in [0.25, 0.3) is 0 Å². The van der Waals surface area contributed by atoms with Crippen molar-refractivity contribution in [2.75, 3.05) is 0 Å².